The van der Waals surface area contributed by atoms with E-state index in [0.717, 1.165) is 16.6 Å². The summed E-state index contributed by atoms with van der Waals surface area (Å²) in [5.41, 5.74) is 0.922. The van der Waals surface area contributed by atoms with Gasteiger partial charge < -0.3 is 9.88 Å². The van der Waals surface area contributed by atoms with Gasteiger partial charge in [0.15, 0.2) is 0 Å². The van der Waals surface area contributed by atoms with Crippen LogP contribution in [0.2, 0.25) is 0 Å². The molecular formula is C25H27FN2O4S. The van der Waals surface area contributed by atoms with Crippen molar-refractivity contribution in [1.82, 2.24) is 4.57 Å². The van der Waals surface area contributed by atoms with Crippen LogP contribution in [0.1, 0.15) is 30.7 Å². The molecule has 0 saturated heterocycles. The number of anilines is 1. The maximum atomic E-state index is 13.8. The van der Waals surface area contributed by atoms with Crippen LogP contribution >= 0.6 is 0 Å². The Kier molecular flexibility index (Phi) is 7.17. The van der Waals surface area contributed by atoms with Crippen LogP contribution in [0.4, 0.5) is 10.1 Å². The van der Waals surface area contributed by atoms with Crippen LogP contribution < -0.4 is 10.9 Å². The fourth-order valence-corrected chi connectivity index (χ4v) is 5.27. The molecule has 0 unspecified atom stereocenters. The highest BCUT2D eigenvalue weighted by molar-refractivity contribution is 7.91. The van der Waals surface area contributed by atoms with E-state index in [2.05, 4.69) is 19.2 Å². The van der Waals surface area contributed by atoms with Crippen LogP contribution in [0.3, 0.4) is 0 Å². The summed E-state index contributed by atoms with van der Waals surface area (Å²) >= 11 is 0. The molecule has 0 radical (unpaired) electrons. The summed E-state index contributed by atoms with van der Waals surface area (Å²) in [5, 5.41) is 2.42. The molecule has 1 heterocycles. The number of para-hydroxylation sites is 1. The molecule has 1 N–H and O–H groups in total. The molecule has 1 amide bonds. The number of pyridine rings is 1. The quantitative estimate of drug-likeness (QED) is 0.559. The second kappa shape index (κ2) is 9.70. The van der Waals surface area contributed by atoms with Gasteiger partial charge in [0.25, 0.3) is 5.56 Å². The van der Waals surface area contributed by atoms with E-state index in [-0.39, 0.29) is 15.5 Å². The summed E-state index contributed by atoms with van der Waals surface area (Å²) in [4.78, 5) is 25.4. The normalized spacial score (nSPS) is 11.6. The second-order valence-corrected chi connectivity index (χ2v) is 10.3. The van der Waals surface area contributed by atoms with Crippen LogP contribution in [0.15, 0.2) is 69.2 Å². The van der Waals surface area contributed by atoms with Crippen LogP contribution in [0.5, 0.6) is 0 Å². The summed E-state index contributed by atoms with van der Waals surface area (Å²) in [6.07, 6.45) is 0.813. The third-order valence-electron chi connectivity index (χ3n) is 5.24. The van der Waals surface area contributed by atoms with E-state index in [9.17, 15) is 22.4 Å². The van der Waals surface area contributed by atoms with Crippen molar-refractivity contribution in [3.8, 4) is 0 Å². The Balaban J connectivity index is 1.97. The van der Waals surface area contributed by atoms with E-state index < -0.39 is 33.7 Å². The third-order valence-corrected chi connectivity index (χ3v) is 7.17. The van der Waals surface area contributed by atoms with Crippen molar-refractivity contribution >= 4 is 21.4 Å². The Morgan fingerprint density at radius 2 is 1.70 bits per heavy atom. The number of hydrogen-bond donors (Lipinski definition) is 1. The first-order chi connectivity index (χ1) is 15.5. The summed E-state index contributed by atoms with van der Waals surface area (Å²) in [6.45, 7) is 6.87. The van der Waals surface area contributed by atoms with Crippen LogP contribution in [0.25, 0.3) is 0 Å². The number of hydrogen-bond acceptors (Lipinski definition) is 4. The van der Waals surface area contributed by atoms with E-state index in [4.69, 9.17) is 0 Å². The zero-order valence-corrected chi connectivity index (χ0v) is 19.9. The largest absolute Gasteiger partial charge is 0.322 e. The summed E-state index contributed by atoms with van der Waals surface area (Å²) < 4.78 is 41.6. The average molecular weight is 471 g/mol. The average Bonchev–Trinajstić information content (AvgIpc) is 2.72. The number of carbonyl (C=O) groups excluding carboxylic acids is 1. The fraction of sp³-hybridized carbons (Fsp3) is 0.280. The minimum atomic E-state index is -4.11. The lowest BCUT2D eigenvalue weighted by molar-refractivity contribution is -0.116. The SMILES string of the molecule is Cc1cc(C)n(CC(=O)Nc2ccccc2F)c(=O)c1S(=O)(=O)c1ccc(CC(C)C)cc1. The van der Waals surface area contributed by atoms with Crippen molar-refractivity contribution in [3.05, 3.63) is 87.6 Å². The van der Waals surface area contributed by atoms with Gasteiger partial charge in [0.05, 0.1) is 10.6 Å². The molecular weight excluding hydrogens is 443 g/mol. The number of benzene rings is 2. The van der Waals surface area contributed by atoms with Crippen molar-refractivity contribution in [2.75, 3.05) is 5.32 Å². The molecule has 3 aromatic rings. The zero-order chi connectivity index (χ0) is 24.3. The Morgan fingerprint density at radius 3 is 2.30 bits per heavy atom. The van der Waals surface area contributed by atoms with E-state index in [1.165, 1.54) is 30.3 Å². The highest BCUT2D eigenvalue weighted by atomic mass is 32.2. The Labute approximate surface area is 193 Å². The molecule has 0 bridgehead atoms. The number of rotatable bonds is 7. The van der Waals surface area contributed by atoms with Gasteiger partial charge in [0, 0.05) is 5.69 Å². The molecule has 174 valence electrons. The lowest BCUT2D eigenvalue weighted by Gasteiger charge is -2.15. The van der Waals surface area contributed by atoms with Gasteiger partial charge in [-0.3, -0.25) is 9.59 Å². The van der Waals surface area contributed by atoms with Crippen molar-refractivity contribution < 1.29 is 17.6 Å². The maximum absolute atomic E-state index is 13.8. The number of aromatic nitrogens is 1. The molecule has 0 aliphatic carbocycles. The van der Waals surface area contributed by atoms with Crippen LogP contribution in [-0.4, -0.2) is 18.9 Å². The smallest absolute Gasteiger partial charge is 0.270 e. The van der Waals surface area contributed by atoms with Gasteiger partial charge in [-0.25, -0.2) is 12.8 Å². The molecule has 0 aliphatic heterocycles. The van der Waals surface area contributed by atoms with Gasteiger partial charge >= 0.3 is 0 Å². The second-order valence-electron chi connectivity index (χ2n) is 8.46. The predicted octanol–water partition coefficient (Wildman–Crippen LogP) is 4.27. The van der Waals surface area contributed by atoms with Gasteiger partial charge in [0.1, 0.15) is 17.3 Å². The number of halogens is 1. The van der Waals surface area contributed by atoms with E-state index in [1.807, 2.05) is 0 Å². The molecule has 0 saturated carbocycles. The molecule has 33 heavy (non-hydrogen) atoms. The van der Waals surface area contributed by atoms with Crippen LogP contribution in [0, 0.1) is 25.6 Å². The summed E-state index contributed by atoms with van der Waals surface area (Å²) in [5.74, 6) is -0.826. The number of nitrogens with zero attached hydrogens (tertiary/aromatic N) is 1. The lowest BCUT2D eigenvalue weighted by Crippen LogP contribution is -2.33. The zero-order valence-electron chi connectivity index (χ0n) is 19.1. The van der Waals surface area contributed by atoms with Crippen LogP contribution in [-0.2, 0) is 27.6 Å². The van der Waals surface area contributed by atoms with E-state index in [0.29, 0.717) is 17.2 Å². The first kappa shape index (κ1) is 24.4. The summed E-state index contributed by atoms with van der Waals surface area (Å²) in [7, 11) is -4.11. The molecule has 0 atom stereocenters. The lowest BCUT2D eigenvalue weighted by atomic mass is 10.0. The highest BCUT2D eigenvalue weighted by Crippen LogP contribution is 2.23. The topological polar surface area (TPSA) is 85.2 Å². The molecule has 6 nitrogen and oxygen atoms in total. The number of nitrogens with one attached hydrogen (secondary N) is 1. The number of carbonyl (C=O) groups is 1. The highest BCUT2D eigenvalue weighted by Gasteiger charge is 2.26. The predicted molar refractivity (Wildman–Crippen MR) is 126 cm³/mol. The Hall–Kier alpha value is -3.26. The molecule has 3 rings (SSSR count). The molecule has 0 fully saturated rings. The number of aryl methyl sites for hydroxylation is 2. The maximum Gasteiger partial charge on any atom is 0.270 e. The summed E-state index contributed by atoms with van der Waals surface area (Å²) in [6, 6.07) is 13.7. The first-order valence-electron chi connectivity index (χ1n) is 10.6. The van der Waals surface area contributed by atoms with Crippen molar-refractivity contribution in [2.45, 2.75) is 50.5 Å². The van der Waals surface area contributed by atoms with Gasteiger partial charge in [-0.05, 0) is 67.6 Å². The standard InChI is InChI=1S/C25H27FN2O4S/c1-16(2)13-19-9-11-20(12-10-19)33(31,32)24-17(3)14-18(4)28(25(24)30)15-23(29)27-22-8-6-5-7-21(22)26/h5-12,14,16H,13,15H2,1-4H3,(H,27,29). The molecule has 0 aliphatic rings. The third kappa shape index (κ3) is 5.39. The number of amides is 1. The van der Waals surface area contributed by atoms with E-state index >= 15 is 0 Å². The van der Waals surface area contributed by atoms with Gasteiger partial charge in [-0.1, -0.05) is 38.1 Å². The van der Waals surface area contributed by atoms with Crippen molar-refractivity contribution in [3.63, 3.8) is 0 Å². The Morgan fingerprint density at radius 1 is 1.06 bits per heavy atom. The first-order valence-corrected chi connectivity index (χ1v) is 12.1. The van der Waals surface area contributed by atoms with Crippen molar-refractivity contribution in [1.29, 1.82) is 0 Å². The Bertz CT molecular complexity index is 1340. The van der Waals surface area contributed by atoms with Crippen molar-refractivity contribution in [2.24, 2.45) is 5.92 Å². The monoisotopic (exact) mass is 470 g/mol. The molecule has 1 aromatic heterocycles. The molecule has 8 heteroatoms. The van der Waals surface area contributed by atoms with Gasteiger partial charge in [-0.15, -0.1) is 0 Å². The van der Waals surface area contributed by atoms with Gasteiger partial charge in [0.2, 0.25) is 15.7 Å². The molecule has 2 aromatic carbocycles. The minimum absolute atomic E-state index is 0.0152. The number of sulfone groups is 1. The van der Waals surface area contributed by atoms with E-state index in [1.54, 1.807) is 38.1 Å². The van der Waals surface area contributed by atoms with Gasteiger partial charge in [-0.2, -0.15) is 0 Å². The molecule has 0 spiro atoms. The fourth-order valence-electron chi connectivity index (χ4n) is 3.72. The minimum Gasteiger partial charge on any atom is -0.322 e.